The van der Waals surface area contributed by atoms with E-state index < -0.39 is 14.1 Å². The van der Waals surface area contributed by atoms with Crippen molar-refractivity contribution in [1.29, 1.82) is 0 Å². The first-order valence-corrected chi connectivity index (χ1v) is 39.8. The van der Waals surface area contributed by atoms with E-state index in [2.05, 4.69) is 157 Å². The van der Waals surface area contributed by atoms with Crippen LogP contribution in [0.5, 0.6) is 23.0 Å². The fraction of sp³-hybridized carbons (Fsp3) is 0.527. The Kier molecular flexibility index (Phi) is 26.8. The van der Waals surface area contributed by atoms with Crippen LogP contribution in [0.1, 0.15) is 198 Å². The van der Waals surface area contributed by atoms with Crippen LogP contribution in [0.15, 0.2) is 120 Å². The molecule has 12 atom stereocenters. The van der Waals surface area contributed by atoms with E-state index >= 15 is 0 Å². The molecule has 0 saturated carbocycles. The van der Waals surface area contributed by atoms with Gasteiger partial charge in [0.25, 0.3) is 0 Å². The molecule has 4 fully saturated rings. The molecular weight excluding hydrogens is 1400 g/mol. The molecule has 16 rings (SSSR count). The molecule has 0 bridgehead atoms. The lowest BCUT2D eigenvalue weighted by Gasteiger charge is -2.46. The summed E-state index contributed by atoms with van der Waals surface area (Å²) in [6.07, 6.45) is 22.6. The second-order valence-corrected chi connectivity index (χ2v) is 31.0. The van der Waals surface area contributed by atoms with Gasteiger partial charge in [0.2, 0.25) is 0 Å². The average Bonchev–Trinajstić information content (AvgIpc) is 1.63. The summed E-state index contributed by atoms with van der Waals surface area (Å²) in [4.78, 5) is 74.1. The highest BCUT2D eigenvalue weighted by molar-refractivity contribution is 5.94. The summed E-state index contributed by atoms with van der Waals surface area (Å²) in [5.74, 6) is 8.10. The number of piperidine rings is 4. The molecular formula is C91H120N8O12. The van der Waals surface area contributed by atoms with Crippen LogP contribution in [-0.4, -0.2) is 153 Å². The van der Waals surface area contributed by atoms with Crippen molar-refractivity contribution in [1.82, 2.24) is 39.5 Å². The number of ether oxygens (including phenoxy) is 6. The summed E-state index contributed by atoms with van der Waals surface area (Å²) in [6.45, 7) is 31.5. The summed E-state index contributed by atoms with van der Waals surface area (Å²) in [7, 11) is 2.12. The summed E-state index contributed by atoms with van der Waals surface area (Å²) in [5, 5.41) is 4.46. The molecule has 111 heavy (non-hydrogen) atoms. The largest absolute Gasteiger partial charge is 0.504 e. The molecule has 596 valence electrons. The Balaban J connectivity index is 0.000000159. The third-order valence-corrected chi connectivity index (χ3v) is 26.1. The molecule has 4 N–H and O–H groups in total. The van der Waals surface area contributed by atoms with Gasteiger partial charge in [-0.25, -0.2) is 0 Å². The molecule has 4 saturated heterocycles. The summed E-state index contributed by atoms with van der Waals surface area (Å²) in [6, 6.07) is 25.6. The number of nitrogens with zero attached hydrogens (tertiary/aromatic N) is 4. The van der Waals surface area contributed by atoms with Crippen LogP contribution in [0.4, 0.5) is 0 Å². The van der Waals surface area contributed by atoms with Gasteiger partial charge in [0.1, 0.15) is 23.0 Å². The van der Waals surface area contributed by atoms with Gasteiger partial charge in [-0.2, -0.15) is 28.8 Å². The van der Waals surface area contributed by atoms with E-state index in [1.165, 1.54) is 129 Å². The normalized spacial score (nSPS) is 25.9. The van der Waals surface area contributed by atoms with E-state index in [0.717, 1.165) is 123 Å². The Morgan fingerprint density at radius 1 is 0.396 bits per heavy atom. The van der Waals surface area contributed by atoms with Crippen molar-refractivity contribution in [2.45, 2.75) is 170 Å². The fourth-order valence-corrected chi connectivity index (χ4v) is 20.5. The standard InChI is InChI=1S/2C22H30N2O2.2C22H30N2O.3CO2/c2*1-5-15-12-24-10-9-16-21-18(7-6-8-20(21)26-4)23-22(16)19(24)11-17(15)14(2)13-25-3;2*1-5-14(3)17-12-19-22-16(10-11-24(19)13-15(17)6-2)21-18(23-22)8-7-9-20(21)25-4;3*2-1-3/h2*6-8,13,15,17,19,23H,5,9-12H2,1-4H3;2*5,7-9,15,17,19,23H,6,10-13H2,1-4H3;;;/b14-13+;14-13-;2*14-5-;;;/t4*15-,17-,19+;;;/m1111.../s1/i;2*4D3;;;;. The topological polar surface area (TPSA) is 234 Å². The smallest absolute Gasteiger partial charge is 0.373 e. The molecule has 8 aliphatic heterocycles. The van der Waals surface area contributed by atoms with Crippen molar-refractivity contribution in [3.8, 4) is 23.0 Å². The Hall–Kier alpha value is -9.22. The molecule has 4 aromatic heterocycles. The predicted octanol–water partition coefficient (Wildman–Crippen LogP) is 17.8. The van der Waals surface area contributed by atoms with Gasteiger partial charge in [0.15, 0.2) is 0 Å². The van der Waals surface area contributed by atoms with E-state index in [9.17, 15) is 0 Å². The van der Waals surface area contributed by atoms with E-state index in [1.54, 1.807) is 46.1 Å². The van der Waals surface area contributed by atoms with Crippen LogP contribution in [-0.2, 0) is 63.9 Å². The van der Waals surface area contributed by atoms with Gasteiger partial charge in [-0.1, -0.05) is 101 Å². The van der Waals surface area contributed by atoms with E-state index in [1.807, 2.05) is 36.8 Å². The van der Waals surface area contributed by atoms with Crippen molar-refractivity contribution in [2.24, 2.45) is 47.3 Å². The summed E-state index contributed by atoms with van der Waals surface area (Å²) in [5.41, 5.74) is 20.8. The zero-order chi connectivity index (χ0) is 84.7. The van der Waals surface area contributed by atoms with Crippen molar-refractivity contribution < 1.29 is 65.4 Å². The average molecular weight is 1520 g/mol. The second kappa shape index (κ2) is 39.3. The molecule has 12 heterocycles. The minimum absolute atomic E-state index is 0.250. The molecule has 0 radical (unpaired) electrons. The van der Waals surface area contributed by atoms with Crippen molar-refractivity contribution in [3.63, 3.8) is 0 Å². The maximum atomic E-state index is 8.12. The van der Waals surface area contributed by atoms with E-state index in [-0.39, 0.29) is 18.5 Å². The number of methoxy groups -OCH3 is 6. The molecule has 8 aromatic rings. The van der Waals surface area contributed by atoms with Gasteiger partial charge in [0, 0.05) is 119 Å². The van der Waals surface area contributed by atoms with Gasteiger partial charge < -0.3 is 48.4 Å². The van der Waals surface area contributed by atoms with Crippen LogP contribution in [0.3, 0.4) is 0 Å². The Bertz CT molecular complexity index is 4910. The van der Waals surface area contributed by atoms with Gasteiger partial charge in [-0.05, 0) is 222 Å². The lowest BCUT2D eigenvalue weighted by molar-refractivity contribution is -0.193. The molecule has 0 aliphatic carbocycles. The van der Waals surface area contributed by atoms with Crippen molar-refractivity contribution in [2.75, 3.05) is 94.9 Å². The van der Waals surface area contributed by atoms with Gasteiger partial charge in [0.05, 0.1) is 87.4 Å². The number of carbonyl (C=O) groups excluding carboxylic acids is 6. The number of nitrogens with one attached hydrogen (secondary N) is 4. The molecule has 4 aromatic carbocycles. The number of fused-ring (bicyclic) bond motifs is 20. The third kappa shape index (κ3) is 17.5. The van der Waals surface area contributed by atoms with Crippen LogP contribution in [0.25, 0.3) is 43.6 Å². The number of allylic oxidation sites excluding steroid dienone is 6. The predicted molar refractivity (Wildman–Crippen MR) is 434 cm³/mol. The SMILES string of the molecule is C/C=C(/C)[C@H]1C[C@H]2c3[nH]c4cccc(OC)c4c3CCN2C[C@H]1CC.CC[C@@H]1CN2CCc3c([nH]c4cccc(OC)c34)[C@@H]2C[C@@H]1/C(C)=C/OC.O=C=O.O=C=O.O=C=O.[2H]C([2H])([2H])Oc1cccc2[nH]c3c(c12)CCN1C[C@@H](CC)[C@@H](/C(C)=C\C)C[C@@H]31.[2H]C([2H])([2H])Oc1cccc2[nH]c3c(c12)CCN1C[C@@H](CC)[C@@H](/C(C)=C\OC)C[C@@H]31. The monoisotopic (exact) mass is 1520 g/mol. The Morgan fingerprint density at radius 3 is 0.838 bits per heavy atom. The van der Waals surface area contributed by atoms with Crippen LogP contribution >= 0.6 is 0 Å². The van der Waals surface area contributed by atoms with Crippen LogP contribution in [0, 0.1) is 47.3 Å². The van der Waals surface area contributed by atoms with Gasteiger partial charge in [-0.15, -0.1) is 0 Å². The van der Waals surface area contributed by atoms with Crippen molar-refractivity contribution >= 4 is 62.1 Å². The molecule has 20 heteroatoms. The Morgan fingerprint density at radius 2 is 0.631 bits per heavy atom. The molecule has 0 amide bonds. The molecule has 0 spiro atoms. The highest BCUT2D eigenvalue weighted by Crippen LogP contribution is 2.52. The first-order chi connectivity index (χ1) is 56.2. The summed E-state index contributed by atoms with van der Waals surface area (Å²) < 4.78 is 77.7. The number of hydrogen-bond acceptors (Lipinski definition) is 16. The van der Waals surface area contributed by atoms with E-state index in [4.69, 9.17) is 65.4 Å². The second-order valence-electron chi connectivity index (χ2n) is 31.0. The zero-order valence-electron chi connectivity index (χ0n) is 73.5. The number of hydrogen-bond donors (Lipinski definition) is 4. The van der Waals surface area contributed by atoms with Crippen molar-refractivity contribution in [3.05, 3.63) is 165 Å². The molecule has 8 aliphatic rings. The number of aromatic nitrogens is 4. The fourth-order valence-electron chi connectivity index (χ4n) is 20.5. The lowest BCUT2D eigenvalue weighted by Crippen LogP contribution is -2.46. The maximum Gasteiger partial charge on any atom is 0.373 e. The van der Waals surface area contributed by atoms with Gasteiger partial charge >= 0.3 is 18.5 Å². The number of H-pyrrole nitrogens is 4. The number of aromatic amines is 4. The highest BCUT2D eigenvalue weighted by atomic mass is 16.5. The summed E-state index contributed by atoms with van der Waals surface area (Å²) >= 11 is 0. The zero-order valence-corrected chi connectivity index (χ0v) is 67.5. The quantitative estimate of drug-likeness (QED) is 0.0585. The number of rotatable bonds is 14. The minimum atomic E-state index is -2.45. The van der Waals surface area contributed by atoms with Gasteiger partial charge in [-0.3, -0.25) is 19.6 Å². The first-order valence-electron chi connectivity index (χ1n) is 42.8. The third-order valence-electron chi connectivity index (χ3n) is 26.1. The minimum Gasteiger partial charge on any atom is -0.504 e. The molecule has 0 unspecified atom stereocenters. The molecule has 20 nitrogen and oxygen atoms in total. The maximum absolute atomic E-state index is 8.12. The first kappa shape index (κ1) is 75.8. The number of benzene rings is 4. The van der Waals surface area contributed by atoms with E-state index in [0.29, 0.717) is 77.1 Å². The lowest BCUT2D eigenvalue weighted by atomic mass is 9.74. The van der Waals surface area contributed by atoms with Crippen LogP contribution in [0.2, 0.25) is 0 Å². The Labute approximate surface area is 664 Å². The highest BCUT2D eigenvalue weighted by Gasteiger charge is 2.45. The van der Waals surface area contributed by atoms with Crippen LogP contribution < -0.4 is 18.9 Å².